The molecule has 1 unspecified atom stereocenters. The van der Waals surface area contributed by atoms with Gasteiger partial charge in [0.15, 0.2) is 0 Å². The Kier molecular flexibility index (Phi) is 2.06. The third kappa shape index (κ3) is 1.57. The van der Waals surface area contributed by atoms with Gasteiger partial charge in [0.05, 0.1) is 5.54 Å². The van der Waals surface area contributed by atoms with Crippen molar-refractivity contribution in [2.45, 2.75) is 38.1 Å². The molecule has 3 heteroatoms. The van der Waals surface area contributed by atoms with Crippen LogP contribution in [0.25, 0.3) is 0 Å². The second kappa shape index (κ2) is 2.98. The lowest BCUT2D eigenvalue weighted by Gasteiger charge is -2.28. The molecule has 1 saturated heterocycles. The van der Waals surface area contributed by atoms with Gasteiger partial charge in [-0.25, -0.2) is 0 Å². The SMILES string of the molecule is CC(N)(C(=O)N1CCCC1)C1CC1. The molecule has 1 aliphatic carbocycles. The normalized spacial score (nSPS) is 27.4. The van der Waals surface area contributed by atoms with Crippen molar-refractivity contribution in [2.75, 3.05) is 13.1 Å². The molecule has 74 valence electrons. The summed E-state index contributed by atoms with van der Waals surface area (Å²) < 4.78 is 0. The maximum absolute atomic E-state index is 11.9. The van der Waals surface area contributed by atoms with Crippen molar-refractivity contribution in [3.63, 3.8) is 0 Å². The molecule has 1 atom stereocenters. The van der Waals surface area contributed by atoms with E-state index in [-0.39, 0.29) is 5.91 Å². The second-order valence-electron chi connectivity index (χ2n) is 4.56. The van der Waals surface area contributed by atoms with Gasteiger partial charge in [0.2, 0.25) is 5.91 Å². The van der Waals surface area contributed by atoms with Crippen LogP contribution in [0.15, 0.2) is 0 Å². The summed E-state index contributed by atoms with van der Waals surface area (Å²) in [6, 6.07) is 0. The Balaban J connectivity index is 2.01. The molecule has 0 aromatic rings. The molecule has 3 nitrogen and oxygen atoms in total. The number of nitrogens with two attached hydrogens (primary N) is 1. The first-order chi connectivity index (χ1) is 6.12. The van der Waals surface area contributed by atoms with Crippen molar-refractivity contribution in [3.05, 3.63) is 0 Å². The molecule has 1 saturated carbocycles. The van der Waals surface area contributed by atoms with Crippen molar-refractivity contribution in [3.8, 4) is 0 Å². The summed E-state index contributed by atoms with van der Waals surface area (Å²) in [6.45, 7) is 3.72. The molecule has 2 rings (SSSR count). The van der Waals surface area contributed by atoms with E-state index in [1.54, 1.807) is 0 Å². The van der Waals surface area contributed by atoms with Crippen LogP contribution in [-0.4, -0.2) is 29.4 Å². The predicted molar refractivity (Wildman–Crippen MR) is 51.1 cm³/mol. The smallest absolute Gasteiger partial charge is 0.242 e. The van der Waals surface area contributed by atoms with E-state index in [9.17, 15) is 4.79 Å². The van der Waals surface area contributed by atoms with E-state index in [1.165, 1.54) is 0 Å². The molecule has 0 aromatic carbocycles. The summed E-state index contributed by atoms with van der Waals surface area (Å²) in [4.78, 5) is 13.9. The van der Waals surface area contributed by atoms with Crippen molar-refractivity contribution in [2.24, 2.45) is 11.7 Å². The van der Waals surface area contributed by atoms with Gasteiger partial charge >= 0.3 is 0 Å². The second-order valence-corrected chi connectivity index (χ2v) is 4.56. The van der Waals surface area contributed by atoms with Crippen LogP contribution in [-0.2, 0) is 4.79 Å². The standard InChI is InChI=1S/C10H18N2O/c1-10(11,8-4-5-8)9(13)12-6-2-3-7-12/h8H,2-7,11H2,1H3. The zero-order valence-electron chi connectivity index (χ0n) is 8.25. The maximum Gasteiger partial charge on any atom is 0.242 e. The third-order valence-electron chi connectivity index (χ3n) is 3.28. The van der Waals surface area contributed by atoms with Gasteiger partial charge in [0.25, 0.3) is 0 Å². The Labute approximate surface area is 79.3 Å². The lowest BCUT2D eigenvalue weighted by atomic mass is 9.95. The van der Waals surface area contributed by atoms with Crippen LogP contribution in [0.2, 0.25) is 0 Å². The van der Waals surface area contributed by atoms with E-state index in [2.05, 4.69) is 0 Å². The fourth-order valence-corrected chi connectivity index (χ4v) is 2.12. The molecule has 13 heavy (non-hydrogen) atoms. The maximum atomic E-state index is 11.9. The van der Waals surface area contributed by atoms with Crippen molar-refractivity contribution < 1.29 is 4.79 Å². The molecule has 2 fully saturated rings. The van der Waals surface area contributed by atoms with Gasteiger partial charge in [-0.2, -0.15) is 0 Å². The monoisotopic (exact) mass is 182 g/mol. The number of nitrogens with zero attached hydrogens (tertiary/aromatic N) is 1. The summed E-state index contributed by atoms with van der Waals surface area (Å²) >= 11 is 0. The first-order valence-electron chi connectivity index (χ1n) is 5.20. The number of amides is 1. The molecular weight excluding hydrogens is 164 g/mol. The highest BCUT2D eigenvalue weighted by atomic mass is 16.2. The topological polar surface area (TPSA) is 46.3 Å². The summed E-state index contributed by atoms with van der Waals surface area (Å²) in [5.41, 5.74) is 5.48. The van der Waals surface area contributed by atoms with Gasteiger partial charge in [-0.05, 0) is 38.5 Å². The number of carbonyl (C=O) groups is 1. The van der Waals surface area contributed by atoms with Crippen LogP contribution < -0.4 is 5.73 Å². The summed E-state index contributed by atoms with van der Waals surface area (Å²) in [7, 11) is 0. The molecule has 2 N–H and O–H groups in total. The van der Waals surface area contributed by atoms with Crippen LogP contribution >= 0.6 is 0 Å². The number of rotatable bonds is 2. The van der Waals surface area contributed by atoms with E-state index in [0.29, 0.717) is 5.92 Å². The highest BCUT2D eigenvalue weighted by molar-refractivity contribution is 5.86. The predicted octanol–water partition coefficient (Wildman–Crippen LogP) is 0.736. The van der Waals surface area contributed by atoms with E-state index in [4.69, 9.17) is 5.73 Å². The van der Waals surface area contributed by atoms with E-state index < -0.39 is 5.54 Å². The van der Waals surface area contributed by atoms with Gasteiger partial charge in [-0.15, -0.1) is 0 Å². The van der Waals surface area contributed by atoms with E-state index >= 15 is 0 Å². The van der Waals surface area contributed by atoms with E-state index in [0.717, 1.165) is 38.8 Å². The average Bonchev–Trinajstić information content (AvgIpc) is 2.82. The molecule has 0 radical (unpaired) electrons. The fourth-order valence-electron chi connectivity index (χ4n) is 2.12. The quantitative estimate of drug-likeness (QED) is 0.684. The largest absolute Gasteiger partial charge is 0.341 e. The van der Waals surface area contributed by atoms with Crippen LogP contribution in [0.3, 0.4) is 0 Å². The molecule has 0 spiro atoms. The van der Waals surface area contributed by atoms with Crippen molar-refractivity contribution in [1.82, 2.24) is 4.90 Å². The number of hydrogen-bond donors (Lipinski definition) is 1. The van der Waals surface area contributed by atoms with Crippen molar-refractivity contribution in [1.29, 1.82) is 0 Å². The molecule has 1 amide bonds. The van der Waals surface area contributed by atoms with Gasteiger partial charge in [0, 0.05) is 13.1 Å². The van der Waals surface area contributed by atoms with Crippen LogP contribution in [0.4, 0.5) is 0 Å². The Morgan fingerprint density at radius 1 is 1.38 bits per heavy atom. The minimum atomic E-state index is -0.579. The molecule has 1 heterocycles. The van der Waals surface area contributed by atoms with Gasteiger partial charge in [-0.1, -0.05) is 0 Å². The molecule has 0 bridgehead atoms. The van der Waals surface area contributed by atoms with Crippen LogP contribution in [0.1, 0.15) is 32.6 Å². The van der Waals surface area contributed by atoms with E-state index in [1.807, 2.05) is 11.8 Å². The van der Waals surface area contributed by atoms with Crippen LogP contribution in [0, 0.1) is 5.92 Å². The van der Waals surface area contributed by atoms with Gasteiger partial charge in [0.1, 0.15) is 0 Å². The fraction of sp³-hybridized carbons (Fsp3) is 0.900. The third-order valence-corrected chi connectivity index (χ3v) is 3.28. The highest BCUT2D eigenvalue weighted by Gasteiger charge is 2.46. The summed E-state index contributed by atoms with van der Waals surface area (Å²) in [6.07, 6.45) is 4.55. The Morgan fingerprint density at radius 3 is 2.38 bits per heavy atom. The molecule has 0 aromatic heterocycles. The Hall–Kier alpha value is -0.570. The number of likely N-dealkylation sites (tertiary alicyclic amines) is 1. The number of carbonyl (C=O) groups excluding carboxylic acids is 1. The zero-order chi connectivity index (χ0) is 9.47. The van der Waals surface area contributed by atoms with Crippen LogP contribution in [0.5, 0.6) is 0 Å². The zero-order valence-corrected chi connectivity index (χ0v) is 8.25. The molecule has 1 aliphatic heterocycles. The average molecular weight is 182 g/mol. The Morgan fingerprint density at radius 2 is 1.92 bits per heavy atom. The lowest BCUT2D eigenvalue weighted by molar-refractivity contribution is -0.136. The van der Waals surface area contributed by atoms with Gasteiger partial charge < -0.3 is 10.6 Å². The van der Waals surface area contributed by atoms with Crippen molar-refractivity contribution >= 4 is 5.91 Å². The minimum Gasteiger partial charge on any atom is -0.341 e. The summed E-state index contributed by atoms with van der Waals surface area (Å²) in [5, 5.41) is 0. The Bertz CT molecular complexity index is 215. The highest BCUT2D eigenvalue weighted by Crippen LogP contribution is 2.39. The summed E-state index contributed by atoms with van der Waals surface area (Å²) in [5.74, 6) is 0.619. The lowest BCUT2D eigenvalue weighted by Crippen LogP contribution is -2.54. The minimum absolute atomic E-state index is 0.174. The number of hydrogen-bond acceptors (Lipinski definition) is 2. The molecule has 2 aliphatic rings. The first-order valence-corrected chi connectivity index (χ1v) is 5.20. The molecular formula is C10H18N2O. The first kappa shape index (κ1) is 9.00. The van der Waals surface area contributed by atoms with Gasteiger partial charge in [-0.3, -0.25) is 4.79 Å².